The van der Waals surface area contributed by atoms with E-state index < -0.39 is 22.6 Å². The Labute approximate surface area is 98.8 Å². The van der Waals surface area contributed by atoms with Crippen LogP contribution in [0.5, 0.6) is 0 Å². The minimum Gasteiger partial charge on any atom is -0.464 e. The zero-order chi connectivity index (χ0) is 13.4. The molecule has 2 aromatic rings. The van der Waals surface area contributed by atoms with E-state index in [4.69, 9.17) is 0 Å². The molecule has 0 spiro atoms. The molecule has 0 aliphatic heterocycles. The van der Waals surface area contributed by atoms with Crippen LogP contribution >= 0.6 is 0 Å². The molecule has 2 heterocycles. The van der Waals surface area contributed by atoms with Crippen LogP contribution in [-0.2, 0) is 11.8 Å². The first-order valence-electron chi connectivity index (χ1n) is 4.90. The molecule has 2 aromatic heterocycles. The third-order valence-electron chi connectivity index (χ3n) is 2.50. The van der Waals surface area contributed by atoms with Gasteiger partial charge in [-0.25, -0.2) is 9.59 Å². The number of methoxy groups -OCH3 is 1. The highest BCUT2D eigenvalue weighted by molar-refractivity contribution is 5.89. The molecular weight excluding hydrogens is 242 g/mol. The second-order valence-corrected chi connectivity index (χ2v) is 3.58. The monoisotopic (exact) mass is 251 g/mol. The number of ether oxygens (including phenoxy) is 1. The highest BCUT2D eigenvalue weighted by atomic mass is 16.5. The average Bonchev–Trinajstić information content (AvgIpc) is 2.34. The van der Waals surface area contributed by atoms with E-state index >= 15 is 0 Å². The molecule has 18 heavy (non-hydrogen) atoms. The summed E-state index contributed by atoms with van der Waals surface area (Å²) >= 11 is 0. The Balaban J connectivity index is 3.01. The number of pyridine rings is 1. The van der Waals surface area contributed by atoms with Crippen molar-refractivity contribution in [2.24, 2.45) is 7.05 Å². The summed E-state index contributed by atoms with van der Waals surface area (Å²) in [4.78, 5) is 50.5. The van der Waals surface area contributed by atoms with Crippen LogP contribution in [0.1, 0.15) is 10.5 Å². The van der Waals surface area contributed by atoms with E-state index in [-0.39, 0.29) is 16.7 Å². The molecule has 0 saturated heterocycles. The lowest BCUT2D eigenvalue weighted by Gasteiger charge is -2.05. The minimum atomic E-state index is -0.800. The van der Waals surface area contributed by atoms with Crippen LogP contribution in [0.2, 0.25) is 0 Å². The van der Waals surface area contributed by atoms with Gasteiger partial charge in [0.15, 0.2) is 5.43 Å². The third kappa shape index (κ3) is 1.63. The average molecular weight is 251 g/mol. The maximum atomic E-state index is 11.7. The molecular formula is C10H9N3O5. The number of esters is 1. The third-order valence-corrected chi connectivity index (χ3v) is 2.50. The quantitative estimate of drug-likeness (QED) is 0.611. The highest BCUT2D eigenvalue weighted by Crippen LogP contribution is 2.01. The maximum absolute atomic E-state index is 11.7. The number of aromatic amines is 2. The summed E-state index contributed by atoms with van der Waals surface area (Å²) in [5, 5.41) is -0.218. The van der Waals surface area contributed by atoms with Gasteiger partial charge < -0.3 is 9.72 Å². The summed E-state index contributed by atoms with van der Waals surface area (Å²) in [7, 11) is 2.51. The van der Waals surface area contributed by atoms with Crippen LogP contribution in [0.3, 0.4) is 0 Å². The van der Waals surface area contributed by atoms with Crippen LogP contribution < -0.4 is 16.7 Å². The van der Waals surface area contributed by atoms with E-state index in [1.807, 2.05) is 4.98 Å². The van der Waals surface area contributed by atoms with Gasteiger partial charge in [-0.05, 0) is 0 Å². The molecule has 2 N–H and O–H groups in total. The number of carbonyl (C=O) groups excluding carboxylic acids is 1. The van der Waals surface area contributed by atoms with Crippen LogP contribution in [0.25, 0.3) is 11.0 Å². The topological polar surface area (TPSA) is 114 Å². The van der Waals surface area contributed by atoms with Crippen molar-refractivity contribution in [1.29, 1.82) is 0 Å². The SMILES string of the molecule is COC(=O)c1cc(=O)c2c(=O)[nH]c(=O)n(C)c2[nH]1. The van der Waals surface area contributed by atoms with E-state index in [1.165, 1.54) is 7.05 Å². The number of nitrogens with one attached hydrogen (secondary N) is 2. The van der Waals surface area contributed by atoms with Gasteiger partial charge in [0.05, 0.1) is 7.11 Å². The number of aromatic nitrogens is 3. The van der Waals surface area contributed by atoms with Crippen molar-refractivity contribution in [3.05, 3.63) is 42.8 Å². The summed E-state index contributed by atoms with van der Waals surface area (Å²) in [5.41, 5.74) is -2.32. The molecule has 0 radical (unpaired) electrons. The molecule has 8 heteroatoms. The molecule has 0 aliphatic carbocycles. The number of rotatable bonds is 1. The summed E-state index contributed by atoms with van der Waals surface area (Å²) in [6.45, 7) is 0. The molecule has 0 aliphatic rings. The van der Waals surface area contributed by atoms with Gasteiger partial charge in [0.2, 0.25) is 0 Å². The minimum absolute atomic E-state index is 0.0309. The molecule has 0 unspecified atom stereocenters. The highest BCUT2D eigenvalue weighted by Gasteiger charge is 2.14. The summed E-state index contributed by atoms with van der Waals surface area (Å²) in [6, 6.07) is 0.952. The Morgan fingerprint density at radius 2 is 1.94 bits per heavy atom. The number of hydrogen-bond donors (Lipinski definition) is 2. The molecule has 0 atom stereocenters. The van der Waals surface area contributed by atoms with Gasteiger partial charge in [0.1, 0.15) is 16.7 Å². The first-order chi connectivity index (χ1) is 8.45. The van der Waals surface area contributed by atoms with Gasteiger partial charge >= 0.3 is 11.7 Å². The molecule has 0 fully saturated rings. The molecule has 2 rings (SSSR count). The molecule has 0 amide bonds. The van der Waals surface area contributed by atoms with Crippen molar-refractivity contribution in [3.63, 3.8) is 0 Å². The number of aryl methyl sites for hydroxylation is 1. The first kappa shape index (κ1) is 11.8. The van der Waals surface area contributed by atoms with Crippen LogP contribution in [0.15, 0.2) is 20.4 Å². The number of carbonyl (C=O) groups is 1. The van der Waals surface area contributed by atoms with E-state index in [1.54, 1.807) is 0 Å². The predicted molar refractivity (Wildman–Crippen MR) is 61.8 cm³/mol. The molecule has 8 nitrogen and oxygen atoms in total. The Bertz CT molecular complexity index is 811. The predicted octanol–water partition coefficient (Wildman–Crippen LogP) is -1.30. The Morgan fingerprint density at radius 3 is 2.56 bits per heavy atom. The lowest BCUT2D eigenvalue weighted by atomic mass is 10.2. The zero-order valence-electron chi connectivity index (χ0n) is 9.57. The molecule has 0 aromatic carbocycles. The van der Waals surface area contributed by atoms with Gasteiger partial charge in [-0.15, -0.1) is 0 Å². The van der Waals surface area contributed by atoms with Crippen molar-refractivity contribution in [2.75, 3.05) is 7.11 Å². The first-order valence-corrected chi connectivity index (χ1v) is 4.90. The van der Waals surface area contributed by atoms with Gasteiger partial charge in [0.25, 0.3) is 5.56 Å². The van der Waals surface area contributed by atoms with Crippen LogP contribution in [0, 0.1) is 0 Å². The number of fused-ring (bicyclic) bond motifs is 1. The second-order valence-electron chi connectivity index (χ2n) is 3.58. The van der Waals surface area contributed by atoms with Gasteiger partial charge in [-0.2, -0.15) is 0 Å². The van der Waals surface area contributed by atoms with Crippen LogP contribution in [-0.4, -0.2) is 27.6 Å². The number of nitrogens with zero attached hydrogens (tertiary/aromatic N) is 1. The Hall–Kier alpha value is -2.64. The molecule has 0 saturated carbocycles. The smallest absolute Gasteiger partial charge is 0.354 e. The van der Waals surface area contributed by atoms with Crippen molar-refractivity contribution >= 4 is 17.0 Å². The lowest BCUT2D eigenvalue weighted by molar-refractivity contribution is 0.0594. The van der Waals surface area contributed by atoms with Crippen LogP contribution in [0.4, 0.5) is 0 Å². The summed E-state index contributed by atoms with van der Waals surface area (Å²) < 4.78 is 5.49. The van der Waals surface area contributed by atoms with Gasteiger partial charge in [-0.1, -0.05) is 0 Å². The normalized spacial score (nSPS) is 10.6. The molecule has 0 bridgehead atoms. The molecule has 94 valence electrons. The Kier molecular flexibility index (Phi) is 2.62. The van der Waals surface area contributed by atoms with Crippen molar-refractivity contribution in [3.8, 4) is 0 Å². The van der Waals surface area contributed by atoms with E-state index in [0.29, 0.717) is 0 Å². The van der Waals surface area contributed by atoms with Gasteiger partial charge in [-0.3, -0.25) is 19.1 Å². The van der Waals surface area contributed by atoms with E-state index in [0.717, 1.165) is 17.7 Å². The number of hydrogen-bond acceptors (Lipinski definition) is 5. The summed E-state index contributed by atoms with van der Waals surface area (Å²) in [6.07, 6.45) is 0. The van der Waals surface area contributed by atoms with Crippen molar-refractivity contribution < 1.29 is 9.53 Å². The van der Waals surface area contributed by atoms with Crippen molar-refractivity contribution in [1.82, 2.24) is 14.5 Å². The number of H-pyrrole nitrogens is 2. The largest absolute Gasteiger partial charge is 0.464 e. The summed E-state index contributed by atoms with van der Waals surface area (Å²) in [5.74, 6) is -0.762. The van der Waals surface area contributed by atoms with E-state index in [9.17, 15) is 19.2 Å². The fourth-order valence-electron chi connectivity index (χ4n) is 1.58. The zero-order valence-corrected chi connectivity index (χ0v) is 9.57. The standard InChI is InChI=1S/C10H9N3O5/c1-13-7-6(8(15)12-10(13)17)5(14)3-4(11-7)9(16)18-2/h3H,1-2H3,(H,11,14)(H,12,15,17). The fourth-order valence-corrected chi connectivity index (χ4v) is 1.58. The maximum Gasteiger partial charge on any atom is 0.354 e. The van der Waals surface area contributed by atoms with Gasteiger partial charge in [0, 0.05) is 13.1 Å². The van der Waals surface area contributed by atoms with Crippen molar-refractivity contribution in [2.45, 2.75) is 0 Å². The fraction of sp³-hybridized carbons (Fsp3) is 0.200. The Morgan fingerprint density at radius 1 is 1.28 bits per heavy atom. The lowest BCUT2D eigenvalue weighted by Crippen LogP contribution is -2.32. The van der Waals surface area contributed by atoms with E-state index in [2.05, 4.69) is 9.72 Å². The second kappa shape index (κ2) is 3.99.